The average Bonchev–Trinajstić information content (AvgIpc) is 2.15. The van der Waals surface area contributed by atoms with Gasteiger partial charge in [-0.15, -0.1) is 0 Å². The highest BCUT2D eigenvalue weighted by atomic mass is 19.4. The summed E-state index contributed by atoms with van der Waals surface area (Å²) in [6.45, 7) is 1.71. The van der Waals surface area contributed by atoms with Crippen LogP contribution >= 0.6 is 0 Å². The van der Waals surface area contributed by atoms with Crippen LogP contribution in [0.5, 0.6) is 0 Å². The predicted octanol–water partition coefficient (Wildman–Crippen LogP) is 3.08. The molecule has 0 saturated heterocycles. The van der Waals surface area contributed by atoms with Crippen LogP contribution in [0.1, 0.15) is 28.4 Å². The molecule has 1 aromatic carbocycles. The van der Waals surface area contributed by atoms with E-state index in [-0.39, 0.29) is 0 Å². The van der Waals surface area contributed by atoms with Gasteiger partial charge in [0.05, 0.1) is 5.56 Å². The summed E-state index contributed by atoms with van der Waals surface area (Å²) in [5.74, 6) is 0. The maximum absolute atomic E-state index is 12.3. The Hall–Kier alpha value is -1.32. The number of halogens is 3. The first-order valence-corrected chi connectivity index (χ1v) is 4.14. The fourth-order valence-corrected chi connectivity index (χ4v) is 1.20. The molecule has 0 aliphatic rings. The largest absolute Gasteiger partial charge is 0.416 e. The normalized spacial score (nSPS) is 11.4. The Kier molecular flexibility index (Phi) is 2.93. The monoisotopic (exact) mass is 202 g/mol. The fourth-order valence-electron chi connectivity index (χ4n) is 1.20. The highest BCUT2D eigenvalue weighted by Gasteiger charge is 2.30. The molecule has 0 spiro atoms. The summed E-state index contributed by atoms with van der Waals surface area (Å²) >= 11 is 0. The van der Waals surface area contributed by atoms with Crippen LogP contribution in [0, 0.1) is 0 Å². The molecule has 4 heteroatoms. The van der Waals surface area contributed by atoms with Crippen molar-refractivity contribution in [2.75, 3.05) is 0 Å². The summed E-state index contributed by atoms with van der Waals surface area (Å²) in [6, 6.07) is 3.14. The van der Waals surface area contributed by atoms with Crippen LogP contribution in [0.2, 0.25) is 0 Å². The molecule has 0 N–H and O–H groups in total. The maximum Gasteiger partial charge on any atom is 0.416 e. The molecule has 0 aliphatic heterocycles. The standard InChI is InChI=1S/C10H9F3O/c1-2-7-5-9(10(11,12)13)4-3-8(7)6-14/h3-6H,2H2,1H3. The summed E-state index contributed by atoms with van der Waals surface area (Å²) in [7, 11) is 0. The quantitative estimate of drug-likeness (QED) is 0.673. The number of hydrogen-bond donors (Lipinski definition) is 0. The highest BCUT2D eigenvalue weighted by Crippen LogP contribution is 2.30. The third kappa shape index (κ3) is 2.13. The lowest BCUT2D eigenvalue weighted by molar-refractivity contribution is -0.137. The molecule has 1 rings (SSSR count). The molecule has 1 aromatic rings. The van der Waals surface area contributed by atoms with Gasteiger partial charge in [-0.25, -0.2) is 0 Å². The predicted molar refractivity (Wildman–Crippen MR) is 46.2 cm³/mol. The van der Waals surface area contributed by atoms with Crippen molar-refractivity contribution in [1.82, 2.24) is 0 Å². The second-order valence-corrected chi connectivity index (χ2v) is 2.88. The lowest BCUT2D eigenvalue weighted by atomic mass is 10.0. The minimum Gasteiger partial charge on any atom is -0.298 e. The van der Waals surface area contributed by atoms with E-state index in [1.807, 2.05) is 0 Å². The molecule has 0 atom stereocenters. The second-order valence-electron chi connectivity index (χ2n) is 2.88. The van der Waals surface area contributed by atoms with E-state index in [4.69, 9.17) is 0 Å². The Morgan fingerprint density at radius 2 is 2.00 bits per heavy atom. The van der Waals surface area contributed by atoms with Gasteiger partial charge in [0.15, 0.2) is 0 Å². The van der Waals surface area contributed by atoms with E-state index < -0.39 is 11.7 Å². The number of carbonyl (C=O) groups excluding carboxylic acids is 1. The van der Waals surface area contributed by atoms with Gasteiger partial charge in [-0.05, 0) is 24.1 Å². The van der Waals surface area contributed by atoms with Crippen LogP contribution in [-0.2, 0) is 12.6 Å². The fraction of sp³-hybridized carbons (Fsp3) is 0.300. The Morgan fingerprint density at radius 3 is 2.43 bits per heavy atom. The van der Waals surface area contributed by atoms with Gasteiger partial charge in [-0.2, -0.15) is 13.2 Å². The molecule has 0 unspecified atom stereocenters. The zero-order valence-corrected chi connectivity index (χ0v) is 7.56. The van der Waals surface area contributed by atoms with Crippen molar-refractivity contribution >= 4 is 6.29 Å². The summed E-state index contributed by atoms with van der Waals surface area (Å²) in [4.78, 5) is 10.5. The molecular formula is C10H9F3O. The highest BCUT2D eigenvalue weighted by molar-refractivity contribution is 5.77. The molecule has 0 bridgehead atoms. The minimum absolute atomic E-state index is 0.320. The van der Waals surface area contributed by atoms with Crippen molar-refractivity contribution < 1.29 is 18.0 Å². The number of alkyl halides is 3. The molecular weight excluding hydrogens is 193 g/mol. The Labute approximate surface area is 79.5 Å². The van der Waals surface area contributed by atoms with Crippen molar-refractivity contribution in [3.8, 4) is 0 Å². The van der Waals surface area contributed by atoms with E-state index in [0.717, 1.165) is 12.1 Å². The third-order valence-corrected chi connectivity index (χ3v) is 1.98. The zero-order valence-electron chi connectivity index (χ0n) is 7.56. The molecule has 0 fully saturated rings. The number of aryl methyl sites for hydroxylation is 1. The molecule has 1 nitrogen and oxygen atoms in total. The molecule has 0 aromatic heterocycles. The van der Waals surface area contributed by atoms with Gasteiger partial charge >= 0.3 is 6.18 Å². The van der Waals surface area contributed by atoms with Crippen LogP contribution in [0.25, 0.3) is 0 Å². The van der Waals surface area contributed by atoms with Crippen molar-refractivity contribution in [1.29, 1.82) is 0 Å². The summed E-state index contributed by atoms with van der Waals surface area (Å²) in [5, 5.41) is 0. The summed E-state index contributed by atoms with van der Waals surface area (Å²) in [6.07, 6.45) is -3.36. The van der Waals surface area contributed by atoms with Gasteiger partial charge in [-0.3, -0.25) is 4.79 Å². The zero-order chi connectivity index (χ0) is 10.8. The van der Waals surface area contributed by atoms with Gasteiger partial charge < -0.3 is 0 Å². The lowest BCUT2D eigenvalue weighted by Gasteiger charge is -2.09. The summed E-state index contributed by atoms with van der Waals surface area (Å²) < 4.78 is 36.8. The van der Waals surface area contributed by atoms with Crippen LogP contribution in [0.15, 0.2) is 18.2 Å². The second kappa shape index (κ2) is 3.82. The number of hydrogen-bond acceptors (Lipinski definition) is 1. The van der Waals surface area contributed by atoms with E-state index in [1.165, 1.54) is 6.07 Å². The molecule has 76 valence electrons. The van der Waals surface area contributed by atoms with E-state index >= 15 is 0 Å². The molecule has 0 heterocycles. The number of benzene rings is 1. The maximum atomic E-state index is 12.3. The van der Waals surface area contributed by atoms with Crippen LogP contribution < -0.4 is 0 Å². The topological polar surface area (TPSA) is 17.1 Å². The van der Waals surface area contributed by atoms with E-state index in [0.29, 0.717) is 23.8 Å². The third-order valence-electron chi connectivity index (χ3n) is 1.98. The first kappa shape index (κ1) is 10.8. The molecule has 14 heavy (non-hydrogen) atoms. The molecule has 0 aliphatic carbocycles. The number of rotatable bonds is 2. The molecule has 0 radical (unpaired) electrons. The van der Waals surface area contributed by atoms with Crippen molar-refractivity contribution in [3.63, 3.8) is 0 Å². The van der Waals surface area contributed by atoms with Crippen molar-refractivity contribution in [3.05, 3.63) is 34.9 Å². The van der Waals surface area contributed by atoms with Crippen LogP contribution in [0.4, 0.5) is 13.2 Å². The van der Waals surface area contributed by atoms with E-state index in [9.17, 15) is 18.0 Å². The van der Waals surface area contributed by atoms with Gasteiger partial charge in [0.2, 0.25) is 0 Å². The molecule has 0 amide bonds. The van der Waals surface area contributed by atoms with Crippen LogP contribution in [-0.4, -0.2) is 6.29 Å². The number of carbonyl (C=O) groups is 1. The molecule has 0 saturated carbocycles. The van der Waals surface area contributed by atoms with Gasteiger partial charge in [0, 0.05) is 5.56 Å². The van der Waals surface area contributed by atoms with Crippen LogP contribution in [0.3, 0.4) is 0 Å². The number of aldehydes is 1. The van der Waals surface area contributed by atoms with Crippen molar-refractivity contribution in [2.24, 2.45) is 0 Å². The first-order valence-electron chi connectivity index (χ1n) is 4.14. The van der Waals surface area contributed by atoms with Gasteiger partial charge in [-0.1, -0.05) is 13.0 Å². The Balaban J connectivity index is 3.21. The summed E-state index contributed by atoms with van der Waals surface area (Å²) in [5.41, 5.74) is 0.0373. The van der Waals surface area contributed by atoms with Gasteiger partial charge in [0.1, 0.15) is 6.29 Å². The smallest absolute Gasteiger partial charge is 0.298 e. The lowest BCUT2D eigenvalue weighted by Crippen LogP contribution is -2.06. The van der Waals surface area contributed by atoms with E-state index in [1.54, 1.807) is 6.92 Å². The SMILES string of the molecule is CCc1cc(C(F)(F)F)ccc1C=O. The van der Waals surface area contributed by atoms with Gasteiger partial charge in [0.25, 0.3) is 0 Å². The average molecular weight is 202 g/mol. The Morgan fingerprint density at radius 1 is 1.36 bits per heavy atom. The Bertz CT molecular complexity index is 342. The minimum atomic E-state index is -4.34. The van der Waals surface area contributed by atoms with Crippen molar-refractivity contribution in [2.45, 2.75) is 19.5 Å². The van der Waals surface area contributed by atoms with E-state index in [2.05, 4.69) is 0 Å². The first-order chi connectivity index (χ1) is 6.49.